The molecular weight excluding hydrogens is 574 g/mol. The molecule has 44 heavy (non-hydrogen) atoms. The minimum absolute atomic E-state index is 0.0108. The van der Waals surface area contributed by atoms with Crippen molar-refractivity contribution in [2.45, 2.75) is 121 Å². The van der Waals surface area contributed by atoms with Gasteiger partial charge in [0.1, 0.15) is 48.3 Å². The monoisotopic (exact) mass is 619 g/mol. The van der Waals surface area contributed by atoms with Gasteiger partial charge in [0.25, 0.3) is 0 Å². The third kappa shape index (κ3) is 3.87. The summed E-state index contributed by atoms with van der Waals surface area (Å²) in [5.41, 5.74) is -0.372. The van der Waals surface area contributed by atoms with Crippen LogP contribution in [0, 0.1) is 28.6 Å². The lowest BCUT2D eigenvalue weighted by Crippen LogP contribution is -2.73. The highest BCUT2D eigenvalue weighted by Crippen LogP contribution is 2.82. The van der Waals surface area contributed by atoms with Gasteiger partial charge >= 0.3 is 11.9 Å². The number of amides is 1. The van der Waals surface area contributed by atoms with Crippen molar-refractivity contribution in [1.29, 1.82) is 0 Å². The fourth-order valence-corrected chi connectivity index (χ4v) is 10.0. The average molecular weight is 620 g/mol. The molecule has 3 saturated heterocycles. The normalized spacial score (nSPS) is 50.0. The molecule has 0 aromatic carbocycles. The molecule has 7 rings (SSSR count). The van der Waals surface area contributed by atoms with Gasteiger partial charge in [0.2, 0.25) is 5.91 Å². The summed E-state index contributed by atoms with van der Waals surface area (Å²) in [6, 6.07) is 0. The molecule has 1 spiro atoms. The van der Waals surface area contributed by atoms with Gasteiger partial charge in [-0.3, -0.25) is 9.59 Å². The molecule has 3 aliphatic carbocycles. The van der Waals surface area contributed by atoms with Crippen LogP contribution in [0.1, 0.15) is 66.7 Å². The van der Waals surface area contributed by atoms with Crippen molar-refractivity contribution in [1.82, 2.24) is 5.32 Å². The molecule has 2 saturated carbocycles. The summed E-state index contributed by atoms with van der Waals surface area (Å²) in [4.78, 5) is 38.5. The summed E-state index contributed by atoms with van der Waals surface area (Å²) in [6.45, 7) is 10.7. The topological polar surface area (TPSA) is 173 Å². The summed E-state index contributed by atoms with van der Waals surface area (Å²) in [5.74, 6) is -0.719. The molecule has 0 bridgehead atoms. The zero-order valence-corrected chi connectivity index (χ0v) is 26.0. The van der Waals surface area contributed by atoms with Crippen LogP contribution in [0.4, 0.5) is 0 Å². The lowest BCUT2D eigenvalue weighted by molar-refractivity contribution is -0.265. The second-order valence-electron chi connectivity index (χ2n) is 14.8. The summed E-state index contributed by atoms with van der Waals surface area (Å²) in [6.07, 6.45) is -4.14. The SMILES string of the molecule is CC1O[C@H](CNC(=O)CCC(=O)O[C@@H]2[C@@]3(C(C)C)C[C@H]3[C@@H]3O[C@@]34[C@@]3(C)CCC5=C(COC5=O)C3CO[C@]24C)[C@@H](O)[C@H](O)[C@H]1O. The Kier molecular flexibility index (Phi) is 6.91. The number of carbonyl (C=O) groups is 3. The summed E-state index contributed by atoms with van der Waals surface area (Å²) < 4.78 is 30.9. The number of cyclic esters (lactones) is 1. The maximum absolute atomic E-state index is 13.4. The number of nitrogens with one attached hydrogen (secondary N) is 1. The van der Waals surface area contributed by atoms with Crippen molar-refractivity contribution in [3.8, 4) is 0 Å². The van der Waals surface area contributed by atoms with E-state index in [-0.39, 0.29) is 60.0 Å². The quantitative estimate of drug-likeness (QED) is 0.231. The minimum Gasteiger partial charge on any atom is -0.459 e. The second-order valence-corrected chi connectivity index (χ2v) is 14.8. The number of rotatable bonds is 7. The zero-order valence-electron chi connectivity index (χ0n) is 26.0. The number of epoxide rings is 1. The number of esters is 2. The Balaban J connectivity index is 1.05. The molecule has 4 aliphatic heterocycles. The number of aliphatic hydroxyl groups is 3. The van der Waals surface area contributed by atoms with Gasteiger partial charge in [-0.15, -0.1) is 0 Å². The van der Waals surface area contributed by atoms with Crippen LogP contribution >= 0.6 is 0 Å². The lowest BCUT2D eigenvalue weighted by atomic mass is 9.49. The number of fused-ring (bicyclic) bond motifs is 4. The van der Waals surface area contributed by atoms with E-state index >= 15 is 0 Å². The third-order valence-electron chi connectivity index (χ3n) is 12.7. The van der Waals surface area contributed by atoms with Crippen LogP contribution in [0.2, 0.25) is 0 Å². The Morgan fingerprint density at radius 3 is 2.59 bits per heavy atom. The smallest absolute Gasteiger partial charge is 0.334 e. The highest BCUT2D eigenvalue weighted by atomic mass is 16.7. The van der Waals surface area contributed by atoms with E-state index in [4.69, 9.17) is 23.7 Å². The van der Waals surface area contributed by atoms with Gasteiger partial charge in [-0.2, -0.15) is 0 Å². The van der Waals surface area contributed by atoms with E-state index in [9.17, 15) is 29.7 Å². The van der Waals surface area contributed by atoms with Crippen molar-refractivity contribution in [2.75, 3.05) is 19.8 Å². The molecule has 0 radical (unpaired) electrons. The third-order valence-corrected chi connectivity index (χ3v) is 12.7. The van der Waals surface area contributed by atoms with E-state index in [0.29, 0.717) is 19.6 Å². The van der Waals surface area contributed by atoms with Crippen molar-refractivity contribution in [3.05, 3.63) is 11.1 Å². The fourth-order valence-electron chi connectivity index (χ4n) is 10.0. The van der Waals surface area contributed by atoms with E-state index in [1.54, 1.807) is 6.92 Å². The van der Waals surface area contributed by atoms with Crippen molar-refractivity contribution in [2.24, 2.45) is 28.6 Å². The summed E-state index contributed by atoms with van der Waals surface area (Å²) in [5, 5.41) is 32.8. The Labute approximate surface area is 256 Å². The molecule has 12 nitrogen and oxygen atoms in total. The van der Waals surface area contributed by atoms with Crippen LogP contribution in [-0.2, 0) is 38.1 Å². The highest BCUT2D eigenvalue weighted by molar-refractivity contribution is 5.92. The largest absolute Gasteiger partial charge is 0.459 e. The van der Waals surface area contributed by atoms with Gasteiger partial charge in [-0.25, -0.2) is 4.79 Å². The van der Waals surface area contributed by atoms with Gasteiger partial charge < -0.3 is 44.3 Å². The van der Waals surface area contributed by atoms with Crippen LogP contribution in [0.5, 0.6) is 0 Å². The molecule has 13 atom stereocenters. The number of hydrogen-bond acceptors (Lipinski definition) is 11. The van der Waals surface area contributed by atoms with E-state index < -0.39 is 59.7 Å². The molecule has 2 unspecified atom stereocenters. The first-order valence-corrected chi connectivity index (χ1v) is 16.1. The first-order valence-electron chi connectivity index (χ1n) is 16.1. The Bertz CT molecular complexity index is 1300. The molecular formula is C32H45NO11. The van der Waals surface area contributed by atoms with Crippen LogP contribution in [0.15, 0.2) is 11.1 Å². The summed E-state index contributed by atoms with van der Waals surface area (Å²) in [7, 11) is 0. The molecule has 4 heterocycles. The van der Waals surface area contributed by atoms with Crippen LogP contribution in [-0.4, -0.2) is 107 Å². The predicted molar refractivity (Wildman–Crippen MR) is 151 cm³/mol. The fraction of sp³-hybridized carbons (Fsp3) is 0.844. The Morgan fingerprint density at radius 2 is 1.86 bits per heavy atom. The van der Waals surface area contributed by atoms with E-state index in [2.05, 4.69) is 26.1 Å². The lowest BCUT2D eigenvalue weighted by Gasteiger charge is -2.61. The molecule has 12 heteroatoms. The number of carbonyl (C=O) groups excluding carboxylic acids is 3. The Hall–Kier alpha value is -2.09. The van der Waals surface area contributed by atoms with Crippen LogP contribution in [0.25, 0.3) is 0 Å². The molecule has 1 amide bonds. The number of ether oxygens (including phenoxy) is 5. The maximum Gasteiger partial charge on any atom is 0.334 e. The predicted octanol–water partition coefficient (Wildman–Crippen LogP) is 0.537. The van der Waals surface area contributed by atoms with E-state index in [1.807, 2.05) is 6.92 Å². The van der Waals surface area contributed by atoms with Crippen molar-refractivity contribution >= 4 is 17.8 Å². The minimum atomic E-state index is -1.38. The van der Waals surface area contributed by atoms with E-state index in [1.165, 1.54) is 0 Å². The van der Waals surface area contributed by atoms with Gasteiger partial charge in [0.05, 0.1) is 25.2 Å². The zero-order chi connectivity index (χ0) is 31.6. The highest BCUT2D eigenvalue weighted by Gasteiger charge is 2.93. The van der Waals surface area contributed by atoms with Gasteiger partial charge in [0, 0.05) is 35.3 Å². The number of aliphatic hydroxyl groups excluding tert-OH is 3. The summed E-state index contributed by atoms with van der Waals surface area (Å²) >= 11 is 0. The Morgan fingerprint density at radius 1 is 1.11 bits per heavy atom. The molecule has 5 fully saturated rings. The maximum atomic E-state index is 13.4. The standard InChI is InChI=1S/C32H45NO11/c1-14(2)31-10-18(31)26-32(44-26)29(4)9-8-16-17(12-40-27(16)39)19(29)13-41-30(32,5)28(31)43-22(35)7-6-21(34)33-11-20-24(37)25(38)23(36)15(3)42-20/h14-15,18-20,23-26,28,36-38H,6-13H2,1-5H3,(H,33,34)/t15?,18-,19?,20+,23-,24+,25+,26-,28-,29-,30+,31+,32+/m0/s1. The molecule has 0 aromatic heterocycles. The average Bonchev–Trinajstić information content (AvgIpc) is 3.88. The van der Waals surface area contributed by atoms with Gasteiger partial charge in [-0.1, -0.05) is 20.8 Å². The van der Waals surface area contributed by atoms with Gasteiger partial charge in [-0.05, 0) is 50.5 Å². The van der Waals surface area contributed by atoms with Crippen LogP contribution < -0.4 is 5.32 Å². The first-order chi connectivity index (χ1) is 20.7. The molecule has 7 aliphatic rings. The second kappa shape index (κ2) is 9.95. The molecule has 4 N–H and O–H groups in total. The van der Waals surface area contributed by atoms with Crippen molar-refractivity contribution in [3.63, 3.8) is 0 Å². The molecule has 244 valence electrons. The molecule has 0 aromatic rings. The van der Waals surface area contributed by atoms with E-state index in [0.717, 1.165) is 24.0 Å². The first kappa shape index (κ1) is 30.6. The van der Waals surface area contributed by atoms with Crippen LogP contribution in [0.3, 0.4) is 0 Å². The van der Waals surface area contributed by atoms with Gasteiger partial charge in [0.15, 0.2) is 0 Å². The van der Waals surface area contributed by atoms with Crippen molar-refractivity contribution < 1.29 is 53.4 Å². The number of hydrogen-bond donors (Lipinski definition) is 4.